The molecule has 1 saturated heterocycles. The van der Waals surface area contributed by atoms with E-state index in [9.17, 15) is 17.6 Å². The Balaban J connectivity index is 1.78. The molecule has 1 heterocycles. The van der Waals surface area contributed by atoms with Crippen molar-refractivity contribution in [2.45, 2.75) is 31.2 Å². The van der Waals surface area contributed by atoms with Crippen LogP contribution in [0.5, 0.6) is 0 Å². The lowest BCUT2D eigenvalue weighted by atomic mass is 10.2. The van der Waals surface area contributed by atoms with Gasteiger partial charge < -0.3 is 4.90 Å². The summed E-state index contributed by atoms with van der Waals surface area (Å²) < 4.78 is 40.6. The highest BCUT2D eigenvalue weighted by Crippen LogP contribution is 2.27. The van der Waals surface area contributed by atoms with Gasteiger partial charge >= 0.3 is 0 Å². The van der Waals surface area contributed by atoms with Crippen LogP contribution in [-0.4, -0.2) is 20.9 Å². The van der Waals surface area contributed by atoms with Crippen LogP contribution in [0.1, 0.15) is 24.0 Å². The highest BCUT2D eigenvalue weighted by Gasteiger charge is 2.24. The number of nitrogens with zero attached hydrogens (tertiary/aromatic N) is 1. The van der Waals surface area contributed by atoms with E-state index in [0.717, 1.165) is 17.7 Å². The fourth-order valence-electron chi connectivity index (χ4n) is 2.91. The van der Waals surface area contributed by atoms with E-state index in [2.05, 4.69) is 4.72 Å². The normalized spacial score (nSPS) is 15.0. The molecular formula is C18H19FN2O3S. The van der Waals surface area contributed by atoms with Crippen LogP contribution in [0.4, 0.5) is 10.1 Å². The number of hydrogen-bond donors (Lipinski definition) is 1. The van der Waals surface area contributed by atoms with Crippen LogP contribution < -0.4 is 9.62 Å². The topological polar surface area (TPSA) is 66.5 Å². The zero-order valence-electron chi connectivity index (χ0n) is 13.8. The summed E-state index contributed by atoms with van der Waals surface area (Å²) in [6, 6.07) is 10.5. The maximum atomic E-state index is 13.2. The summed E-state index contributed by atoms with van der Waals surface area (Å²) in [5.41, 5.74) is 2.01. The summed E-state index contributed by atoms with van der Waals surface area (Å²) in [7, 11) is -3.72. The quantitative estimate of drug-likeness (QED) is 0.889. The van der Waals surface area contributed by atoms with Crippen molar-refractivity contribution in [2.24, 2.45) is 0 Å². The molecule has 7 heteroatoms. The number of rotatable bonds is 5. The Morgan fingerprint density at radius 3 is 2.64 bits per heavy atom. The van der Waals surface area contributed by atoms with Gasteiger partial charge in [-0.1, -0.05) is 12.1 Å². The minimum atomic E-state index is -3.72. The second-order valence-corrected chi connectivity index (χ2v) is 7.82. The first-order chi connectivity index (χ1) is 11.9. The van der Waals surface area contributed by atoms with Gasteiger partial charge in [0.05, 0.1) is 4.90 Å². The molecule has 0 aliphatic carbocycles. The van der Waals surface area contributed by atoms with Crippen molar-refractivity contribution in [3.05, 3.63) is 59.4 Å². The third kappa shape index (κ3) is 3.88. The predicted molar refractivity (Wildman–Crippen MR) is 93.2 cm³/mol. The molecule has 0 saturated carbocycles. The number of halogens is 1. The molecule has 2 aromatic rings. The summed E-state index contributed by atoms with van der Waals surface area (Å²) in [5, 5.41) is 0. The number of carbonyl (C=O) groups is 1. The van der Waals surface area contributed by atoms with E-state index in [1.54, 1.807) is 30.0 Å². The molecule has 2 aromatic carbocycles. The molecule has 0 aromatic heterocycles. The Hall–Kier alpha value is -2.25. The zero-order valence-corrected chi connectivity index (χ0v) is 14.6. The molecule has 1 fully saturated rings. The maximum absolute atomic E-state index is 13.2. The van der Waals surface area contributed by atoms with Crippen LogP contribution in [0, 0.1) is 12.7 Å². The fourth-order valence-corrected chi connectivity index (χ4v) is 4.01. The van der Waals surface area contributed by atoms with Crippen LogP contribution in [0.2, 0.25) is 0 Å². The Bertz CT molecular complexity index is 912. The van der Waals surface area contributed by atoms with Gasteiger partial charge in [-0.3, -0.25) is 4.79 Å². The van der Waals surface area contributed by atoms with Crippen LogP contribution in [-0.2, 0) is 21.4 Å². The average molecular weight is 362 g/mol. The summed E-state index contributed by atoms with van der Waals surface area (Å²) in [6.45, 7) is 2.45. The molecule has 1 amide bonds. The van der Waals surface area contributed by atoms with Gasteiger partial charge in [0, 0.05) is 25.2 Å². The first kappa shape index (κ1) is 17.6. The SMILES string of the molecule is Cc1cc(S(=O)(=O)NCc2cccc(F)c2)ccc1N1CCCC1=O. The molecule has 0 spiro atoms. The molecule has 1 aliphatic rings. The van der Waals surface area contributed by atoms with Crippen molar-refractivity contribution in [2.75, 3.05) is 11.4 Å². The van der Waals surface area contributed by atoms with Crippen LogP contribution in [0.3, 0.4) is 0 Å². The van der Waals surface area contributed by atoms with E-state index < -0.39 is 15.8 Å². The summed E-state index contributed by atoms with van der Waals surface area (Å²) >= 11 is 0. The molecule has 5 nitrogen and oxygen atoms in total. The Morgan fingerprint density at radius 2 is 2.00 bits per heavy atom. The predicted octanol–water partition coefficient (Wildman–Crippen LogP) is 2.74. The van der Waals surface area contributed by atoms with Gasteiger partial charge in [0.1, 0.15) is 5.82 Å². The van der Waals surface area contributed by atoms with E-state index >= 15 is 0 Å². The van der Waals surface area contributed by atoms with Gasteiger partial charge in [-0.05, 0) is 54.8 Å². The summed E-state index contributed by atoms with van der Waals surface area (Å²) in [5.74, 6) is -0.352. The molecule has 1 N–H and O–H groups in total. The van der Waals surface area contributed by atoms with Crippen molar-refractivity contribution >= 4 is 21.6 Å². The molecule has 1 aliphatic heterocycles. The number of anilines is 1. The van der Waals surface area contributed by atoms with E-state index in [0.29, 0.717) is 18.5 Å². The van der Waals surface area contributed by atoms with Crippen molar-refractivity contribution in [1.29, 1.82) is 0 Å². The van der Waals surface area contributed by atoms with Gasteiger partial charge in [0.2, 0.25) is 15.9 Å². The minimum Gasteiger partial charge on any atom is -0.312 e. The highest BCUT2D eigenvalue weighted by atomic mass is 32.2. The summed E-state index contributed by atoms with van der Waals surface area (Å²) in [4.78, 5) is 13.7. The second kappa shape index (κ2) is 6.93. The third-order valence-corrected chi connectivity index (χ3v) is 5.60. The van der Waals surface area contributed by atoms with Gasteiger partial charge in [0.25, 0.3) is 0 Å². The lowest BCUT2D eigenvalue weighted by Crippen LogP contribution is -2.26. The van der Waals surface area contributed by atoms with Crippen LogP contribution in [0.25, 0.3) is 0 Å². The van der Waals surface area contributed by atoms with Crippen molar-refractivity contribution in [3.8, 4) is 0 Å². The number of carbonyl (C=O) groups excluding carboxylic acids is 1. The van der Waals surface area contributed by atoms with E-state index in [-0.39, 0.29) is 17.3 Å². The average Bonchev–Trinajstić information content (AvgIpc) is 2.99. The highest BCUT2D eigenvalue weighted by molar-refractivity contribution is 7.89. The van der Waals surface area contributed by atoms with E-state index in [1.807, 2.05) is 0 Å². The Morgan fingerprint density at radius 1 is 1.20 bits per heavy atom. The molecule has 0 bridgehead atoms. The van der Waals surface area contributed by atoms with Crippen LogP contribution >= 0.6 is 0 Å². The molecule has 25 heavy (non-hydrogen) atoms. The molecule has 0 radical (unpaired) electrons. The number of aryl methyl sites for hydroxylation is 1. The first-order valence-electron chi connectivity index (χ1n) is 8.02. The van der Waals surface area contributed by atoms with E-state index in [1.165, 1.54) is 24.3 Å². The standard InChI is InChI=1S/C18H19FN2O3S/c1-13-10-16(7-8-17(13)21-9-3-6-18(21)22)25(23,24)20-12-14-4-2-5-15(19)11-14/h2,4-5,7-8,10-11,20H,3,6,9,12H2,1H3. The number of amides is 1. The second-order valence-electron chi connectivity index (χ2n) is 6.05. The van der Waals surface area contributed by atoms with Crippen molar-refractivity contribution in [3.63, 3.8) is 0 Å². The fraction of sp³-hybridized carbons (Fsp3) is 0.278. The largest absolute Gasteiger partial charge is 0.312 e. The maximum Gasteiger partial charge on any atom is 0.240 e. The van der Waals surface area contributed by atoms with E-state index in [4.69, 9.17) is 0 Å². The lowest BCUT2D eigenvalue weighted by molar-refractivity contribution is -0.117. The van der Waals surface area contributed by atoms with Gasteiger partial charge in [-0.2, -0.15) is 0 Å². The Labute approximate surface area is 146 Å². The zero-order chi connectivity index (χ0) is 18.0. The summed E-state index contributed by atoms with van der Waals surface area (Å²) in [6.07, 6.45) is 1.34. The first-order valence-corrected chi connectivity index (χ1v) is 9.50. The number of sulfonamides is 1. The number of benzene rings is 2. The lowest BCUT2D eigenvalue weighted by Gasteiger charge is -2.19. The smallest absolute Gasteiger partial charge is 0.240 e. The molecular weight excluding hydrogens is 343 g/mol. The molecule has 0 atom stereocenters. The minimum absolute atomic E-state index is 0.00546. The van der Waals surface area contributed by atoms with Crippen molar-refractivity contribution < 1.29 is 17.6 Å². The van der Waals surface area contributed by atoms with Crippen molar-refractivity contribution in [1.82, 2.24) is 4.72 Å². The molecule has 132 valence electrons. The third-order valence-electron chi connectivity index (χ3n) is 4.20. The monoisotopic (exact) mass is 362 g/mol. The molecule has 3 rings (SSSR count). The number of nitrogens with one attached hydrogen (secondary N) is 1. The Kier molecular flexibility index (Phi) is 4.87. The molecule has 0 unspecified atom stereocenters. The van der Waals surface area contributed by atoms with Gasteiger partial charge in [0.15, 0.2) is 0 Å². The number of hydrogen-bond acceptors (Lipinski definition) is 3. The van der Waals surface area contributed by atoms with Crippen LogP contribution in [0.15, 0.2) is 47.4 Å². The van der Waals surface area contributed by atoms with Gasteiger partial charge in [-0.25, -0.2) is 17.5 Å². The van der Waals surface area contributed by atoms with Gasteiger partial charge in [-0.15, -0.1) is 0 Å².